The molecular weight excluding hydrogens is 495 g/mol. The van der Waals surface area contributed by atoms with E-state index in [2.05, 4.69) is 20.2 Å². The number of nitrogens with zero attached hydrogens (tertiary/aromatic N) is 4. The minimum atomic E-state index is -2.89. The second kappa shape index (κ2) is 11.4. The highest BCUT2D eigenvalue weighted by molar-refractivity contribution is 5.88. The van der Waals surface area contributed by atoms with E-state index < -0.39 is 23.8 Å². The lowest BCUT2D eigenvalue weighted by Gasteiger charge is -2.39. The van der Waals surface area contributed by atoms with E-state index in [0.717, 1.165) is 63.6 Å². The van der Waals surface area contributed by atoms with Gasteiger partial charge < -0.3 is 19.7 Å². The maximum atomic E-state index is 14.8. The summed E-state index contributed by atoms with van der Waals surface area (Å²) in [7, 11) is 1.61. The third-order valence-electron chi connectivity index (χ3n) is 7.77. The Balaban J connectivity index is 1.43. The number of benzene rings is 1. The Morgan fingerprint density at radius 2 is 1.76 bits per heavy atom. The highest BCUT2D eigenvalue weighted by Gasteiger charge is 2.30. The lowest BCUT2D eigenvalue weighted by molar-refractivity contribution is 0.0251. The predicted molar refractivity (Wildman–Crippen MR) is 139 cm³/mol. The molecule has 0 unspecified atom stereocenters. The van der Waals surface area contributed by atoms with E-state index in [1.807, 2.05) is 6.07 Å². The van der Waals surface area contributed by atoms with Crippen LogP contribution in [-0.4, -0.2) is 59.3 Å². The summed E-state index contributed by atoms with van der Waals surface area (Å²) in [6.45, 7) is 7.14. The molecule has 0 amide bonds. The molecule has 2 aliphatic heterocycles. The van der Waals surface area contributed by atoms with E-state index in [4.69, 9.17) is 14.5 Å². The summed E-state index contributed by atoms with van der Waals surface area (Å²) in [4.78, 5) is 16.4. The van der Waals surface area contributed by atoms with Gasteiger partial charge in [-0.05, 0) is 64.6 Å². The molecule has 38 heavy (non-hydrogen) atoms. The van der Waals surface area contributed by atoms with Gasteiger partial charge in [-0.25, -0.2) is 23.1 Å². The molecule has 2 aromatic heterocycles. The van der Waals surface area contributed by atoms with E-state index in [1.54, 1.807) is 21.0 Å². The highest BCUT2D eigenvalue weighted by atomic mass is 19.3. The van der Waals surface area contributed by atoms with Crippen molar-refractivity contribution >= 4 is 16.9 Å². The number of anilines is 1. The maximum Gasteiger partial charge on any atom is 0.266 e. The number of alkyl halides is 2. The minimum absolute atomic E-state index is 0.148. The fourth-order valence-electron chi connectivity index (χ4n) is 5.71. The smallest absolute Gasteiger partial charge is 0.266 e. The van der Waals surface area contributed by atoms with Crippen LogP contribution in [0.1, 0.15) is 73.5 Å². The van der Waals surface area contributed by atoms with Crippen molar-refractivity contribution in [3.63, 3.8) is 0 Å². The van der Waals surface area contributed by atoms with Gasteiger partial charge in [0.25, 0.3) is 6.43 Å². The molecule has 4 heterocycles. The Morgan fingerprint density at radius 1 is 1.05 bits per heavy atom. The van der Waals surface area contributed by atoms with Crippen LogP contribution in [0.4, 0.5) is 19.0 Å². The summed E-state index contributed by atoms with van der Waals surface area (Å²) in [5.74, 6) is 0.882. The molecule has 1 aromatic carbocycles. The number of pyridine rings is 1. The average molecular weight is 530 g/mol. The molecule has 2 saturated heterocycles. The van der Waals surface area contributed by atoms with Crippen LogP contribution in [-0.2, 0) is 4.74 Å². The fraction of sp³-hybridized carbons (Fsp3) is 0.536. The number of fused-ring (bicyclic) bond motifs is 1. The number of rotatable bonds is 7. The normalized spacial score (nSPS) is 18.7. The first-order valence-corrected chi connectivity index (χ1v) is 13.2. The monoisotopic (exact) mass is 529 g/mol. The number of halogens is 3. The fourth-order valence-corrected chi connectivity index (χ4v) is 5.71. The van der Waals surface area contributed by atoms with E-state index >= 15 is 0 Å². The van der Waals surface area contributed by atoms with Crippen molar-refractivity contribution in [2.24, 2.45) is 0 Å². The molecule has 0 saturated carbocycles. The largest absolute Gasteiger partial charge is 0.481 e. The van der Waals surface area contributed by atoms with Gasteiger partial charge in [0.15, 0.2) is 5.65 Å². The number of methoxy groups -OCH3 is 1. The molecule has 10 heteroatoms. The Labute approximate surface area is 220 Å². The van der Waals surface area contributed by atoms with E-state index in [9.17, 15) is 13.2 Å². The SMILES string of the molecule is COc1nc2nc(C)nc(N[C@H](C)c3cccc(C(F)F)c3F)c2cc1C1CCN(C2CCOCC2)CC1. The van der Waals surface area contributed by atoms with Gasteiger partial charge in [-0.1, -0.05) is 18.2 Å². The molecule has 1 N–H and O–H groups in total. The van der Waals surface area contributed by atoms with Crippen molar-refractivity contribution in [1.82, 2.24) is 19.9 Å². The van der Waals surface area contributed by atoms with Gasteiger partial charge >= 0.3 is 0 Å². The lowest BCUT2D eigenvalue weighted by atomic mass is 9.88. The quantitative estimate of drug-likeness (QED) is 0.406. The minimum Gasteiger partial charge on any atom is -0.481 e. The second-order valence-corrected chi connectivity index (χ2v) is 10.1. The van der Waals surface area contributed by atoms with E-state index in [0.29, 0.717) is 34.6 Å². The number of aromatic nitrogens is 3. The summed E-state index contributed by atoms with van der Waals surface area (Å²) in [5.41, 5.74) is 1.00. The lowest BCUT2D eigenvalue weighted by Crippen LogP contribution is -2.43. The molecule has 2 fully saturated rings. The zero-order valence-corrected chi connectivity index (χ0v) is 22.0. The summed E-state index contributed by atoms with van der Waals surface area (Å²) >= 11 is 0. The number of aryl methyl sites for hydroxylation is 1. The molecule has 3 aromatic rings. The summed E-state index contributed by atoms with van der Waals surface area (Å²) < 4.78 is 52.6. The summed E-state index contributed by atoms with van der Waals surface area (Å²) in [6, 6.07) is 6.05. The summed E-state index contributed by atoms with van der Waals surface area (Å²) in [5, 5.41) is 3.92. The first-order chi connectivity index (χ1) is 18.4. The predicted octanol–water partition coefficient (Wildman–Crippen LogP) is 5.95. The van der Waals surface area contributed by atoms with Crippen molar-refractivity contribution in [3.05, 3.63) is 52.6 Å². The standard InChI is InChI=1S/C28H34F3N5O2/c1-16(20-5-4-6-21(24(20)29)25(30)31)32-26-23-15-22(28(37-3)35-27(23)34-17(2)33-26)18-7-11-36(12-8-18)19-9-13-38-14-10-19/h4-6,15-16,18-19,25H,7-14H2,1-3H3,(H,32,33,34,35)/t16-/m1/s1. The maximum absolute atomic E-state index is 14.8. The summed E-state index contributed by atoms with van der Waals surface area (Å²) in [6.07, 6.45) is 1.24. The van der Waals surface area contributed by atoms with Crippen molar-refractivity contribution in [3.8, 4) is 5.88 Å². The van der Waals surface area contributed by atoms with E-state index in [1.165, 1.54) is 12.1 Å². The number of likely N-dealkylation sites (tertiary alicyclic amines) is 1. The van der Waals surface area contributed by atoms with Crippen LogP contribution >= 0.6 is 0 Å². The van der Waals surface area contributed by atoms with Crippen molar-refractivity contribution in [2.75, 3.05) is 38.7 Å². The van der Waals surface area contributed by atoms with Crippen LogP contribution in [0.5, 0.6) is 5.88 Å². The highest BCUT2D eigenvalue weighted by Crippen LogP contribution is 2.38. The Bertz CT molecular complexity index is 1280. The number of ether oxygens (including phenoxy) is 2. The molecule has 2 aliphatic rings. The molecule has 0 radical (unpaired) electrons. The molecular formula is C28H34F3N5O2. The number of piperidine rings is 1. The molecule has 7 nitrogen and oxygen atoms in total. The van der Waals surface area contributed by atoms with Crippen LogP contribution in [0.15, 0.2) is 24.3 Å². The molecule has 0 spiro atoms. The zero-order chi connectivity index (χ0) is 26.8. The van der Waals surface area contributed by atoms with Gasteiger partial charge in [0, 0.05) is 30.4 Å². The number of hydrogen-bond acceptors (Lipinski definition) is 7. The molecule has 204 valence electrons. The van der Waals surface area contributed by atoms with Crippen LogP contribution in [0, 0.1) is 12.7 Å². The Kier molecular flexibility index (Phi) is 7.99. The Hall–Kier alpha value is -2.98. The molecule has 1 atom stereocenters. The average Bonchev–Trinajstić information content (AvgIpc) is 2.92. The van der Waals surface area contributed by atoms with Crippen molar-refractivity contribution < 1.29 is 22.6 Å². The van der Waals surface area contributed by atoms with E-state index in [-0.39, 0.29) is 11.5 Å². The number of nitrogens with one attached hydrogen (secondary N) is 1. The van der Waals surface area contributed by atoms with Crippen molar-refractivity contribution in [1.29, 1.82) is 0 Å². The van der Waals surface area contributed by atoms with Gasteiger partial charge in [0.2, 0.25) is 5.88 Å². The van der Waals surface area contributed by atoms with Crippen LogP contribution < -0.4 is 10.1 Å². The van der Waals surface area contributed by atoms with Gasteiger partial charge in [-0.2, -0.15) is 4.98 Å². The van der Waals surface area contributed by atoms with Gasteiger partial charge in [0.1, 0.15) is 17.5 Å². The molecule has 0 bridgehead atoms. The number of hydrogen-bond donors (Lipinski definition) is 1. The van der Waals surface area contributed by atoms with Gasteiger partial charge in [-0.15, -0.1) is 0 Å². The first-order valence-electron chi connectivity index (χ1n) is 13.2. The Morgan fingerprint density at radius 3 is 2.45 bits per heavy atom. The molecule has 0 aliphatic carbocycles. The molecule has 5 rings (SSSR count). The topological polar surface area (TPSA) is 72.4 Å². The van der Waals surface area contributed by atoms with Crippen molar-refractivity contribution in [2.45, 2.75) is 64.0 Å². The third kappa shape index (κ3) is 5.42. The van der Waals surface area contributed by atoms with Gasteiger partial charge in [0.05, 0.1) is 24.1 Å². The van der Waals surface area contributed by atoms with Crippen LogP contribution in [0.2, 0.25) is 0 Å². The van der Waals surface area contributed by atoms with Gasteiger partial charge in [-0.3, -0.25) is 0 Å². The first kappa shape index (κ1) is 26.6. The second-order valence-electron chi connectivity index (χ2n) is 10.1. The van der Waals surface area contributed by atoms with Crippen LogP contribution in [0.25, 0.3) is 11.0 Å². The van der Waals surface area contributed by atoms with Crippen LogP contribution in [0.3, 0.4) is 0 Å². The third-order valence-corrected chi connectivity index (χ3v) is 7.77. The zero-order valence-electron chi connectivity index (χ0n) is 22.0.